The van der Waals surface area contributed by atoms with Crippen molar-refractivity contribution in [3.05, 3.63) is 18.1 Å². The van der Waals surface area contributed by atoms with Crippen LogP contribution in [0.2, 0.25) is 0 Å². The van der Waals surface area contributed by atoms with Gasteiger partial charge in [0.25, 0.3) is 0 Å². The molecule has 0 aromatic carbocycles. The van der Waals surface area contributed by atoms with Crippen molar-refractivity contribution in [1.29, 1.82) is 5.26 Å². The fourth-order valence-corrected chi connectivity index (χ4v) is 1.19. The van der Waals surface area contributed by atoms with Crippen molar-refractivity contribution in [1.82, 2.24) is 9.97 Å². The number of primary amides is 1. The van der Waals surface area contributed by atoms with Gasteiger partial charge in [0.15, 0.2) is 5.69 Å². The third kappa shape index (κ3) is 2.92. The number of aromatic nitrogens is 2. The highest BCUT2D eigenvalue weighted by molar-refractivity contribution is 5.82. The van der Waals surface area contributed by atoms with Crippen LogP contribution >= 0.6 is 0 Å². The molecule has 1 atom stereocenters. The maximum Gasteiger partial charge on any atom is 0.240 e. The molecule has 1 heterocycles. The van der Waals surface area contributed by atoms with Crippen LogP contribution in [0.3, 0.4) is 0 Å². The first-order valence-electron chi connectivity index (χ1n) is 4.82. The Morgan fingerprint density at radius 2 is 2.19 bits per heavy atom. The lowest BCUT2D eigenvalue weighted by atomic mass is 10.0. The van der Waals surface area contributed by atoms with Gasteiger partial charge in [-0.1, -0.05) is 13.8 Å². The van der Waals surface area contributed by atoms with E-state index in [1.807, 2.05) is 19.9 Å². The second-order valence-electron chi connectivity index (χ2n) is 3.67. The predicted molar refractivity (Wildman–Crippen MR) is 58.2 cm³/mol. The fourth-order valence-electron chi connectivity index (χ4n) is 1.19. The lowest BCUT2D eigenvalue weighted by molar-refractivity contribution is -0.119. The van der Waals surface area contributed by atoms with Gasteiger partial charge in [0.2, 0.25) is 5.91 Å². The zero-order valence-electron chi connectivity index (χ0n) is 9.14. The minimum atomic E-state index is -0.498. The number of hydrogen-bond donors (Lipinski definition) is 2. The van der Waals surface area contributed by atoms with E-state index in [-0.39, 0.29) is 11.6 Å². The molecule has 0 fully saturated rings. The minimum Gasteiger partial charge on any atom is -0.368 e. The van der Waals surface area contributed by atoms with Gasteiger partial charge in [-0.15, -0.1) is 0 Å². The Kier molecular flexibility index (Phi) is 3.78. The molecule has 3 N–H and O–H groups in total. The standard InChI is InChI=1S/C10H13N5O/c1-6(2)9(10(12)16)15-8-5-13-7(3-11)4-14-8/h4-6,9H,1-2H3,(H2,12,16)(H,14,15). The molecule has 0 bridgehead atoms. The molecule has 0 radical (unpaired) electrons. The van der Waals surface area contributed by atoms with Gasteiger partial charge in [0.1, 0.15) is 17.9 Å². The zero-order chi connectivity index (χ0) is 12.1. The second kappa shape index (κ2) is 5.07. The van der Waals surface area contributed by atoms with Gasteiger partial charge in [-0.2, -0.15) is 5.26 Å². The molecule has 16 heavy (non-hydrogen) atoms. The van der Waals surface area contributed by atoms with Gasteiger partial charge >= 0.3 is 0 Å². The minimum absolute atomic E-state index is 0.0509. The van der Waals surface area contributed by atoms with Crippen molar-refractivity contribution in [2.45, 2.75) is 19.9 Å². The Morgan fingerprint density at radius 3 is 2.56 bits per heavy atom. The quantitative estimate of drug-likeness (QED) is 0.756. The average Bonchev–Trinajstić information content (AvgIpc) is 2.25. The Labute approximate surface area is 93.5 Å². The summed E-state index contributed by atoms with van der Waals surface area (Å²) in [5, 5.41) is 11.4. The van der Waals surface area contributed by atoms with Crippen LogP contribution in [0, 0.1) is 17.2 Å². The number of rotatable bonds is 4. The number of nitrogens with zero attached hydrogens (tertiary/aromatic N) is 3. The molecule has 0 saturated heterocycles. The molecule has 0 saturated carbocycles. The lowest BCUT2D eigenvalue weighted by Gasteiger charge is -2.18. The molecule has 1 unspecified atom stereocenters. The molecule has 6 heteroatoms. The van der Waals surface area contributed by atoms with Crippen LogP contribution in [-0.4, -0.2) is 21.9 Å². The van der Waals surface area contributed by atoms with Crippen LogP contribution < -0.4 is 11.1 Å². The molecule has 0 spiro atoms. The largest absolute Gasteiger partial charge is 0.368 e. The Balaban J connectivity index is 2.78. The Bertz CT molecular complexity index is 406. The van der Waals surface area contributed by atoms with E-state index < -0.39 is 11.9 Å². The Hall–Kier alpha value is -2.16. The maximum absolute atomic E-state index is 11.1. The lowest BCUT2D eigenvalue weighted by Crippen LogP contribution is -2.39. The monoisotopic (exact) mass is 219 g/mol. The van der Waals surface area contributed by atoms with E-state index >= 15 is 0 Å². The number of carbonyl (C=O) groups is 1. The number of amides is 1. The summed E-state index contributed by atoms with van der Waals surface area (Å²) in [6.07, 6.45) is 2.73. The average molecular weight is 219 g/mol. The van der Waals surface area contributed by atoms with Crippen molar-refractivity contribution in [3.8, 4) is 6.07 Å². The van der Waals surface area contributed by atoms with Gasteiger partial charge < -0.3 is 11.1 Å². The summed E-state index contributed by atoms with van der Waals surface area (Å²) in [5.41, 5.74) is 5.47. The molecule has 1 rings (SSSR count). The highest BCUT2D eigenvalue weighted by Crippen LogP contribution is 2.09. The van der Waals surface area contributed by atoms with Gasteiger partial charge in [-0.05, 0) is 5.92 Å². The third-order valence-corrected chi connectivity index (χ3v) is 2.04. The SMILES string of the molecule is CC(C)C(Nc1cnc(C#N)cn1)C(N)=O. The molecule has 0 aliphatic rings. The summed E-state index contributed by atoms with van der Waals surface area (Å²) >= 11 is 0. The number of nitriles is 1. The van der Waals surface area contributed by atoms with E-state index in [0.717, 1.165) is 0 Å². The van der Waals surface area contributed by atoms with Crippen LogP contribution in [0.5, 0.6) is 0 Å². The number of carbonyl (C=O) groups excluding carboxylic acids is 1. The molecule has 0 aliphatic heterocycles. The molecule has 1 amide bonds. The van der Waals surface area contributed by atoms with Crippen molar-refractivity contribution < 1.29 is 4.79 Å². The van der Waals surface area contributed by atoms with Crippen LogP contribution in [0.4, 0.5) is 5.82 Å². The van der Waals surface area contributed by atoms with Crippen LogP contribution in [-0.2, 0) is 4.79 Å². The van der Waals surface area contributed by atoms with Crippen LogP contribution in [0.15, 0.2) is 12.4 Å². The molecule has 84 valence electrons. The summed E-state index contributed by atoms with van der Waals surface area (Å²) in [6.45, 7) is 3.75. The summed E-state index contributed by atoms with van der Waals surface area (Å²) in [4.78, 5) is 18.9. The first kappa shape index (κ1) is 11.9. The first-order chi connectivity index (χ1) is 7.54. The van der Waals surface area contributed by atoms with Crippen LogP contribution in [0.25, 0.3) is 0 Å². The normalized spacial score (nSPS) is 11.9. The summed E-state index contributed by atoms with van der Waals surface area (Å²) < 4.78 is 0. The second-order valence-corrected chi connectivity index (χ2v) is 3.67. The van der Waals surface area contributed by atoms with Crippen molar-refractivity contribution in [2.75, 3.05) is 5.32 Å². The number of hydrogen-bond acceptors (Lipinski definition) is 5. The summed E-state index contributed by atoms with van der Waals surface area (Å²) in [7, 11) is 0. The maximum atomic E-state index is 11.1. The van der Waals surface area contributed by atoms with Crippen molar-refractivity contribution >= 4 is 11.7 Å². The number of nitrogens with one attached hydrogen (secondary N) is 1. The Morgan fingerprint density at radius 1 is 1.50 bits per heavy atom. The van der Waals surface area contributed by atoms with E-state index in [1.54, 1.807) is 0 Å². The van der Waals surface area contributed by atoms with E-state index in [2.05, 4.69) is 15.3 Å². The van der Waals surface area contributed by atoms with E-state index in [9.17, 15) is 4.79 Å². The van der Waals surface area contributed by atoms with E-state index in [0.29, 0.717) is 5.82 Å². The number of anilines is 1. The van der Waals surface area contributed by atoms with E-state index in [4.69, 9.17) is 11.0 Å². The smallest absolute Gasteiger partial charge is 0.240 e. The topological polar surface area (TPSA) is 105 Å². The first-order valence-corrected chi connectivity index (χ1v) is 4.82. The van der Waals surface area contributed by atoms with Crippen molar-refractivity contribution in [3.63, 3.8) is 0 Å². The highest BCUT2D eigenvalue weighted by atomic mass is 16.1. The molecular weight excluding hydrogens is 206 g/mol. The van der Waals surface area contributed by atoms with Gasteiger partial charge in [0.05, 0.1) is 12.4 Å². The predicted octanol–water partition coefficient (Wildman–Crippen LogP) is 0.270. The fraction of sp³-hybridized carbons (Fsp3) is 0.400. The molecular formula is C10H13N5O. The van der Waals surface area contributed by atoms with Crippen molar-refractivity contribution in [2.24, 2.45) is 11.7 Å². The summed E-state index contributed by atoms with van der Waals surface area (Å²) in [5.74, 6) is 0.0348. The zero-order valence-corrected chi connectivity index (χ0v) is 9.14. The molecule has 1 aromatic heterocycles. The van der Waals surface area contributed by atoms with Crippen LogP contribution in [0.1, 0.15) is 19.5 Å². The van der Waals surface area contributed by atoms with Gasteiger partial charge in [-0.3, -0.25) is 4.79 Å². The number of nitrogens with two attached hydrogens (primary N) is 1. The van der Waals surface area contributed by atoms with E-state index in [1.165, 1.54) is 12.4 Å². The molecule has 6 nitrogen and oxygen atoms in total. The molecule has 0 aliphatic carbocycles. The third-order valence-electron chi connectivity index (χ3n) is 2.04. The molecule has 1 aromatic rings. The summed E-state index contributed by atoms with van der Waals surface area (Å²) in [6, 6.07) is 1.36. The van der Waals surface area contributed by atoms with Gasteiger partial charge in [0, 0.05) is 0 Å². The van der Waals surface area contributed by atoms with Gasteiger partial charge in [-0.25, -0.2) is 9.97 Å². The highest BCUT2D eigenvalue weighted by Gasteiger charge is 2.19.